The van der Waals surface area contributed by atoms with Crippen LogP contribution in [0.1, 0.15) is 199 Å². The van der Waals surface area contributed by atoms with Crippen molar-refractivity contribution in [3.05, 3.63) is 277 Å². The van der Waals surface area contributed by atoms with Gasteiger partial charge in [-0.25, -0.2) is 19.9 Å². The SMILES string of the molecule is C.C.C1=Cc2ccccc2C1.C1=Nc2ccccc2C1.CC.CC.CC.CC.CC.CC.CC.CC.CC.CC.c1cc2c(cn1)OCC2.c1ccc2ncccc2c1.c1ccc2ocnc2c1.c1ccc2scnc2c1.c1cnc2c(c1)CCC2.c1cnc2c(c1)N=NC2.c1ncc2ccoc2n1. The number of aryl methyl sites for hydroxylation is 2. The normalized spacial score (nSPS) is 10.4. The molecule has 0 atom stereocenters. The van der Waals surface area contributed by atoms with Crippen molar-refractivity contribution in [2.45, 2.75) is 198 Å². The number of allylic oxidation sites excluding steroid dienone is 1. The molecule has 15 heteroatoms. The van der Waals surface area contributed by atoms with E-state index < -0.39 is 0 Å². The number of aliphatic imine (C=N–C) groups is 1. The van der Waals surface area contributed by atoms with E-state index in [1.165, 1.54) is 75.6 Å². The Balaban J connectivity index is -0.00000107. The van der Waals surface area contributed by atoms with E-state index in [1.54, 1.807) is 42.4 Å². The fourth-order valence-corrected chi connectivity index (χ4v) is 9.47. The van der Waals surface area contributed by atoms with Gasteiger partial charge in [0, 0.05) is 66.7 Å². The molecule has 0 amide bonds. The third-order valence-corrected chi connectivity index (χ3v) is 13.8. The first kappa shape index (κ1) is 97.9. The molecule has 0 unspecified atom stereocenters. The number of hydrogen-bond acceptors (Lipinski definition) is 15. The van der Waals surface area contributed by atoms with Gasteiger partial charge in [-0.2, -0.15) is 10.2 Å². The van der Waals surface area contributed by atoms with Gasteiger partial charge in [0.1, 0.15) is 29.8 Å². The van der Waals surface area contributed by atoms with Crippen molar-refractivity contribution in [2.24, 2.45) is 15.2 Å². The highest BCUT2D eigenvalue weighted by atomic mass is 32.1. The largest absolute Gasteiger partial charge is 0.491 e. The molecule has 8 aromatic heterocycles. The first-order valence-corrected chi connectivity index (χ1v) is 37.7. The van der Waals surface area contributed by atoms with E-state index in [1.807, 2.05) is 278 Å². The van der Waals surface area contributed by atoms with Crippen molar-refractivity contribution in [3.8, 4) is 5.75 Å². The number of fused-ring (bicyclic) bond motifs is 9. The Kier molecular flexibility index (Phi) is 63.3. The average Bonchev–Trinajstić information content (AvgIpc) is 1.85. The smallest absolute Gasteiger partial charge is 0.228 e. The maximum absolute atomic E-state index is 5.24. The van der Waals surface area contributed by atoms with Crippen molar-refractivity contribution in [1.82, 2.24) is 39.9 Å². The molecule has 560 valence electrons. The lowest BCUT2D eigenvalue weighted by molar-refractivity contribution is 0.355. The van der Waals surface area contributed by atoms with Crippen LogP contribution in [0.4, 0.5) is 11.4 Å². The second-order valence-corrected chi connectivity index (χ2v) is 19.3. The predicted molar refractivity (Wildman–Crippen MR) is 454 cm³/mol. The molecule has 18 rings (SSSR count). The second-order valence-electron chi connectivity index (χ2n) is 18.4. The summed E-state index contributed by atoms with van der Waals surface area (Å²) in [6.45, 7) is 41.5. The Morgan fingerprint density at radius 3 is 1.67 bits per heavy atom. The molecule has 11 heterocycles. The van der Waals surface area contributed by atoms with Gasteiger partial charge in [-0.1, -0.05) is 263 Å². The monoisotopic (exact) mass is 1430 g/mol. The summed E-state index contributed by atoms with van der Waals surface area (Å²) >= 11 is 1.68. The summed E-state index contributed by atoms with van der Waals surface area (Å²) in [5.41, 5.74) is 17.7. The average molecular weight is 1430 g/mol. The summed E-state index contributed by atoms with van der Waals surface area (Å²) in [6.07, 6.45) is 28.5. The van der Waals surface area contributed by atoms with Crippen molar-refractivity contribution in [1.29, 1.82) is 0 Å². The Labute approximate surface area is 630 Å². The lowest BCUT2D eigenvalue weighted by atomic mass is 10.1. The maximum Gasteiger partial charge on any atom is 0.228 e. The predicted octanol–water partition coefficient (Wildman–Crippen LogP) is 27.6. The van der Waals surface area contributed by atoms with Crippen LogP contribution in [-0.2, 0) is 38.6 Å². The van der Waals surface area contributed by atoms with Gasteiger partial charge in [0.15, 0.2) is 12.0 Å². The first-order chi connectivity index (χ1) is 50.7. The fourth-order valence-electron chi connectivity index (χ4n) is 8.79. The van der Waals surface area contributed by atoms with Crippen molar-refractivity contribution < 1.29 is 13.6 Å². The number of oxazole rings is 1. The number of para-hydroxylation sites is 5. The molecule has 0 saturated heterocycles. The number of aromatic nitrogens is 8. The minimum Gasteiger partial charge on any atom is -0.491 e. The minimum atomic E-state index is 0. The summed E-state index contributed by atoms with van der Waals surface area (Å²) in [7, 11) is 0. The molecule has 0 N–H and O–H groups in total. The molecule has 0 fully saturated rings. The van der Waals surface area contributed by atoms with Gasteiger partial charge in [0.05, 0.1) is 57.1 Å². The zero-order valence-electron chi connectivity index (χ0n) is 64.9. The molecular weight excluding hydrogens is 1300 g/mol. The Hall–Kier alpha value is -10.2. The summed E-state index contributed by atoms with van der Waals surface area (Å²) in [5.74, 6) is 0.956. The third-order valence-electron chi connectivity index (χ3n) is 12.9. The van der Waals surface area contributed by atoms with Gasteiger partial charge in [-0.05, 0) is 121 Å². The van der Waals surface area contributed by atoms with E-state index >= 15 is 0 Å². The Morgan fingerprint density at radius 2 is 1.01 bits per heavy atom. The van der Waals surface area contributed by atoms with E-state index in [4.69, 9.17) is 13.6 Å². The quantitative estimate of drug-likeness (QED) is 0.141. The number of benzene rings is 5. The van der Waals surface area contributed by atoms with Crippen molar-refractivity contribution in [3.63, 3.8) is 0 Å². The van der Waals surface area contributed by atoms with Crippen LogP contribution < -0.4 is 4.74 Å². The summed E-state index contributed by atoms with van der Waals surface area (Å²) in [5, 5.41) is 9.82. The molecule has 0 spiro atoms. The molecule has 14 nitrogen and oxygen atoms in total. The van der Waals surface area contributed by atoms with Crippen LogP contribution in [0.5, 0.6) is 5.75 Å². The number of ether oxygens (including phenoxy) is 1. The van der Waals surface area contributed by atoms with Crippen molar-refractivity contribution in [2.75, 3.05) is 6.61 Å². The molecule has 104 heavy (non-hydrogen) atoms. The molecule has 3 aliphatic heterocycles. The molecule has 5 aromatic carbocycles. The second kappa shape index (κ2) is 67.2. The molecule has 5 aliphatic rings. The van der Waals surface area contributed by atoms with Crippen LogP contribution in [0, 0.1) is 0 Å². The highest BCUT2D eigenvalue weighted by Crippen LogP contribution is 2.25. The van der Waals surface area contributed by atoms with Crippen LogP contribution in [0.2, 0.25) is 0 Å². The maximum atomic E-state index is 5.24. The number of azo groups is 1. The summed E-state index contributed by atoms with van der Waals surface area (Å²) < 4.78 is 16.5. The zero-order valence-corrected chi connectivity index (χ0v) is 65.7. The zero-order chi connectivity index (χ0) is 75.6. The Morgan fingerprint density at radius 1 is 0.413 bits per heavy atom. The van der Waals surface area contributed by atoms with Gasteiger partial charge >= 0.3 is 0 Å². The number of nitrogens with zero attached hydrogens (tertiary/aromatic N) is 11. The highest BCUT2D eigenvalue weighted by molar-refractivity contribution is 7.16. The van der Waals surface area contributed by atoms with Crippen molar-refractivity contribution >= 4 is 78.3 Å². The highest BCUT2D eigenvalue weighted by Gasteiger charge is 2.11. The number of furan rings is 1. The lowest BCUT2D eigenvalue weighted by Gasteiger charge is -1.93. The van der Waals surface area contributed by atoms with Crippen LogP contribution in [0.15, 0.2) is 262 Å². The fraction of sp³-hybridized carbons (Fsp3) is 0.337. The molecule has 13 aromatic rings. The lowest BCUT2D eigenvalue weighted by Crippen LogP contribution is -1.85. The topological polar surface area (TPSA) is 176 Å². The Bertz CT molecular complexity index is 3620. The number of thiazole rings is 1. The number of rotatable bonds is 0. The van der Waals surface area contributed by atoms with E-state index in [2.05, 4.69) is 122 Å². The van der Waals surface area contributed by atoms with E-state index in [9.17, 15) is 0 Å². The van der Waals surface area contributed by atoms with Crippen LogP contribution in [0.25, 0.3) is 49.4 Å². The van der Waals surface area contributed by atoms with Crippen LogP contribution >= 0.6 is 11.3 Å². The van der Waals surface area contributed by atoms with E-state index in [0.29, 0.717) is 12.3 Å². The van der Waals surface area contributed by atoms with Gasteiger partial charge in [-0.3, -0.25) is 24.9 Å². The summed E-state index contributed by atoms with van der Waals surface area (Å²) in [6, 6.07) is 56.4. The molecule has 0 bridgehead atoms. The minimum absolute atomic E-state index is 0. The van der Waals surface area contributed by atoms with Gasteiger partial charge in [0.25, 0.3) is 0 Å². The molecule has 2 aliphatic carbocycles. The number of pyridine rings is 4. The van der Waals surface area contributed by atoms with Gasteiger partial charge in [0.2, 0.25) is 5.71 Å². The molecular formula is C89H125N11O3S. The molecule has 0 saturated carbocycles. The van der Waals surface area contributed by atoms with E-state index in [-0.39, 0.29) is 14.9 Å². The van der Waals surface area contributed by atoms with Crippen LogP contribution in [-0.4, -0.2) is 52.7 Å². The third kappa shape index (κ3) is 36.6. The van der Waals surface area contributed by atoms with Gasteiger partial charge in [-0.15, -0.1) is 11.3 Å². The van der Waals surface area contributed by atoms with Crippen LogP contribution in [0.3, 0.4) is 0 Å². The van der Waals surface area contributed by atoms with Gasteiger partial charge < -0.3 is 13.6 Å². The van der Waals surface area contributed by atoms with E-state index in [0.717, 1.165) is 76.2 Å². The summed E-state index contributed by atoms with van der Waals surface area (Å²) in [4.78, 5) is 36.4. The number of hydrogen-bond donors (Lipinski definition) is 0. The standard InChI is InChI=1S/C9H7N.C9H8.C8H9N.C8H7N.C7H7NO.C7H5NO.C7H5NS.C6H5N3.C6H4N2O.10C2H6.2CH4/c1-2-6-9-8(4-1)5-3-7-10-9;1-2-5-9-7-3-6-8(9)4-1;1-3-7-4-2-6-9-8(7)5-1;1-2-4-8-7(3-1)5-6-9-8;1-3-8-5-7-6(1)2-4-9-7;2*1-2-4-7-6(3-1)8-5-9-7;1-2-5-6(7-3-1)4-8-9-5;1-2-9-6-5(1)3-7-4-8-6;10*1-2;;/h1-7H;1-6H,7H2;2,4,6H,1,3,5H2;1-4,6H,5H2;1,3,5H,2,4H2;2*1-5H;1-3H,4H2;1-4H;10*1-2H3;2*1H4. The molecule has 0 radical (unpaired) electrons. The first-order valence-electron chi connectivity index (χ1n) is 36.8.